The van der Waals surface area contributed by atoms with E-state index in [2.05, 4.69) is 17.6 Å². The molecule has 0 radical (unpaired) electrons. The van der Waals surface area contributed by atoms with Crippen LogP contribution in [0, 0.1) is 0 Å². The number of carbonyl (C=O) groups excluding carboxylic acids is 1. The lowest BCUT2D eigenvalue weighted by Crippen LogP contribution is -2.35. The average Bonchev–Trinajstić information content (AvgIpc) is 3.21. The van der Waals surface area contributed by atoms with Crippen LogP contribution in [0.25, 0.3) is 22.2 Å². The summed E-state index contributed by atoms with van der Waals surface area (Å²) in [5.41, 5.74) is 5.90. The minimum atomic E-state index is -0.929. The van der Waals surface area contributed by atoms with Gasteiger partial charge < -0.3 is 14.6 Å². The Labute approximate surface area is 204 Å². The van der Waals surface area contributed by atoms with Gasteiger partial charge >= 0.3 is 5.97 Å². The Bertz CT molecular complexity index is 1390. The molecule has 178 valence electrons. The molecule has 0 unspecified atom stereocenters. The molecule has 1 aromatic heterocycles. The van der Waals surface area contributed by atoms with Crippen molar-refractivity contribution in [3.63, 3.8) is 0 Å². The molecule has 1 fully saturated rings. The fraction of sp³-hybridized carbons (Fsp3) is 0.276. The van der Waals surface area contributed by atoms with E-state index in [-0.39, 0.29) is 5.91 Å². The molecule has 1 N–H and O–H groups in total. The Balaban J connectivity index is 1.49. The van der Waals surface area contributed by atoms with Gasteiger partial charge in [0, 0.05) is 31.6 Å². The van der Waals surface area contributed by atoms with Crippen LogP contribution in [-0.4, -0.2) is 33.1 Å². The monoisotopic (exact) mass is 467 g/mol. The van der Waals surface area contributed by atoms with Crippen molar-refractivity contribution in [1.29, 1.82) is 0 Å². The van der Waals surface area contributed by atoms with E-state index < -0.39 is 5.97 Å². The van der Waals surface area contributed by atoms with Crippen LogP contribution < -0.4 is 4.90 Å². The fourth-order valence-electron chi connectivity index (χ4n) is 4.89. The third kappa shape index (κ3) is 4.56. The summed E-state index contributed by atoms with van der Waals surface area (Å²) in [6.07, 6.45) is 4.46. The lowest BCUT2D eigenvalue weighted by Gasteiger charge is -2.26. The summed E-state index contributed by atoms with van der Waals surface area (Å²) in [5, 5.41) is 9.53. The molecule has 3 aromatic carbocycles. The van der Waals surface area contributed by atoms with Crippen LogP contribution in [0.15, 0.2) is 66.7 Å². The maximum atomic E-state index is 12.5. The summed E-state index contributed by atoms with van der Waals surface area (Å²) in [4.78, 5) is 30.9. The number of hydrogen-bond donors (Lipinski definition) is 1. The summed E-state index contributed by atoms with van der Waals surface area (Å²) < 4.78 is 2.25. The summed E-state index contributed by atoms with van der Waals surface area (Å²) >= 11 is 0. The number of piperidine rings is 1. The minimum Gasteiger partial charge on any atom is -0.478 e. The second kappa shape index (κ2) is 9.74. The lowest BCUT2D eigenvalue weighted by molar-refractivity contribution is -0.119. The van der Waals surface area contributed by atoms with Crippen molar-refractivity contribution >= 4 is 28.6 Å². The normalized spacial score (nSPS) is 14.0. The van der Waals surface area contributed by atoms with E-state index in [1.807, 2.05) is 53.4 Å². The third-order valence-electron chi connectivity index (χ3n) is 6.68. The fourth-order valence-corrected chi connectivity index (χ4v) is 4.89. The number of aryl methyl sites for hydroxylation is 1. The van der Waals surface area contributed by atoms with E-state index in [0.717, 1.165) is 65.9 Å². The molecule has 6 nitrogen and oxygen atoms in total. The van der Waals surface area contributed by atoms with Gasteiger partial charge in [0.15, 0.2) is 0 Å². The van der Waals surface area contributed by atoms with Gasteiger partial charge in [-0.15, -0.1) is 0 Å². The van der Waals surface area contributed by atoms with Crippen molar-refractivity contribution in [3.8, 4) is 11.1 Å². The number of carboxylic acids is 1. The number of rotatable bonds is 7. The Hall–Kier alpha value is -3.93. The predicted molar refractivity (Wildman–Crippen MR) is 138 cm³/mol. The van der Waals surface area contributed by atoms with E-state index in [9.17, 15) is 14.7 Å². The Morgan fingerprint density at radius 2 is 1.83 bits per heavy atom. The first-order chi connectivity index (χ1) is 17.0. The molecule has 1 aliphatic rings. The van der Waals surface area contributed by atoms with Gasteiger partial charge in [0.25, 0.3) is 0 Å². The van der Waals surface area contributed by atoms with Gasteiger partial charge in [0.1, 0.15) is 5.82 Å². The quantitative estimate of drug-likeness (QED) is 0.366. The molecular weight excluding hydrogens is 438 g/mol. The van der Waals surface area contributed by atoms with Crippen molar-refractivity contribution < 1.29 is 14.7 Å². The van der Waals surface area contributed by atoms with Gasteiger partial charge in [-0.1, -0.05) is 49.4 Å². The second-order valence-electron chi connectivity index (χ2n) is 9.09. The van der Waals surface area contributed by atoms with Crippen molar-refractivity contribution in [2.75, 3.05) is 11.4 Å². The number of aromatic nitrogens is 2. The minimum absolute atomic E-state index is 0.188. The molecule has 6 heteroatoms. The summed E-state index contributed by atoms with van der Waals surface area (Å²) in [6, 6.07) is 21.3. The molecule has 0 spiro atoms. The van der Waals surface area contributed by atoms with Gasteiger partial charge in [0.05, 0.1) is 16.6 Å². The van der Waals surface area contributed by atoms with Crippen LogP contribution in [0.3, 0.4) is 0 Å². The van der Waals surface area contributed by atoms with Crippen LogP contribution in [0.2, 0.25) is 0 Å². The predicted octanol–water partition coefficient (Wildman–Crippen LogP) is 5.92. The standard InChI is InChI=1S/C29H29N3O3/c1-2-7-27-30-25-16-15-22(31-17-6-5-10-28(31)33)18-26(25)32(27)19-20-11-13-21(14-12-20)23-8-3-4-9-24(23)29(34)35/h3-4,8-9,11-16,18H,2,5-7,10,17,19H2,1H3,(H,34,35). The summed E-state index contributed by atoms with van der Waals surface area (Å²) in [6.45, 7) is 3.57. The number of aromatic carboxylic acids is 1. The Kier molecular flexibility index (Phi) is 6.36. The maximum absolute atomic E-state index is 12.5. The Morgan fingerprint density at radius 1 is 1.03 bits per heavy atom. The van der Waals surface area contributed by atoms with E-state index in [4.69, 9.17) is 4.98 Å². The zero-order chi connectivity index (χ0) is 24.4. The Morgan fingerprint density at radius 3 is 2.57 bits per heavy atom. The molecule has 5 rings (SSSR count). The number of imidazole rings is 1. The van der Waals surface area contributed by atoms with E-state index >= 15 is 0 Å². The average molecular weight is 468 g/mol. The summed E-state index contributed by atoms with van der Waals surface area (Å²) in [7, 11) is 0. The summed E-state index contributed by atoms with van der Waals surface area (Å²) in [5.74, 6) is 0.291. The van der Waals surface area contributed by atoms with Gasteiger partial charge in [-0.3, -0.25) is 4.79 Å². The van der Waals surface area contributed by atoms with E-state index in [1.54, 1.807) is 12.1 Å². The van der Waals surface area contributed by atoms with Crippen LogP contribution in [0.5, 0.6) is 0 Å². The number of fused-ring (bicyclic) bond motifs is 1. The van der Waals surface area contributed by atoms with Gasteiger partial charge in [-0.05, 0) is 60.2 Å². The molecule has 4 aromatic rings. The molecule has 1 aliphatic heterocycles. The van der Waals surface area contributed by atoms with E-state index in [0.29, 0.717) is 24.1 Å². The molecule has 0 bridgehead atoms. The van der Waals surface area contributed by atoms with E-state index in [1.165, 1.54) is 0 Å². The maximum Gasteiger partial charge on any atom is 0.336 e. The van der Waals surface area contributed by atoms with Crippen LogP contribution in [0.1, 0.15) is 54.4 Å². The van der Waals surface area contributed by atoms with Crippen LogP contribution >= 0.6 is 0 Å². The van der Waals surface area contributed by atoms with Crippen LogP contribution in [-0.2, 0) is 17.8 Å². The number of hydrogen-bond acceptors (Lipinski definition) is 3. The highest BCUT2D eigenvalue weighted by atomic mass is 16.4. The molecule has 1 amide bonds. The van der Waals surface area contributed by atoms with Crippen LogP contribution in [0.4, 0.5) is 5.69 Å². The number of amides is 1. The third-order valence-corrected chi connectivity index (χ3v) is 6.68. The number of anilines is 1. The SMILES string of the molecule is CCCc1nc2ccc(N3CCCCC3=O)cc2n1Cc1ccc(-c2ccccc2C(=O)O)cc1. The van der Waals surface area contributed by atoms with Crippen molar-refractivity contribution in [1.82, 2.24) is 9.55 Å². The number of carboxylic acid groups (broad SMARTS) is 1. The second-order valence-corrected chi connectivity index (χ2v) is 9.09. The number of carbonyl (C=O) groups is 2. The van der Waals surface area contributed by atoms with Crippen molar-refractivity contribution in [2.24, 2.45) is 0 Å². The molecule has 35 heavy (non-hydrogen) atoms. The molecule has 1 saturated heterocycles. The topological polar surface area (TPSA) is 75.4 Å². The van der Waals surface area contributed by atoms with Gasteiger partial charge in [-0.2, -0.15) is 0 Å². The molecule has 0 saturated carbocycles. The number of nitrogens with zero attached hydrogens (tertiary/aromatic N) is 3. The van der Waals surface area contributed by atoms with Crippen molar-refractivity contribution in [2.45, 2.75) is 45.6 Å². The number of benzene rings is 3. The van der Waals surface area contributed by atoms with Gasteiger partial charge in [0.2, 0.25) is 5.91 Å². The largest absolute Gasteiger partial charge is 0.478 e. The lowest BCUT2D eigenvalue weighted by atomic mass is 9.99. The highest BCUT2D eigenvalue weighted by molar-refractivity contribution is 5.96. The zero-order valence-corrected chi connectivity index (χ0v) is 19.9. The first-order valence-corrected chi connectivity index (χ1v) is 12.3. The first-order valence-electron chi connectivity index (χ1n) is 12.3. The smallest absolute Gasteiger partial charge is 0.336 e. The zero-order valence-electron chi connectivity index (χ0n) is 19.9. The highest BCUT2D eigenvalue weighted by Crippen LogP contribution is 2.28. The molecular formula is C29H29N3O3. The molecule has 0 atom stereocenters. The molecule has 2 heterocycles. The highest BCUT2D eigenvalue weighted by Gasteiger charge is 2.21. The van der Waals surface area contributed by atoms with Crippen molar-refractivity contribution in [3.05, 3.63) is 83.7 Å². The molecule has 0 aliphatic carbocycles. The van der Waals surface area contributed by atoms with Gasteiger partial charge in [-0.25, -0.2) is 9.78 Å². The first kappa shape index (κ1) is 22.8.